The fraction of sp³-hybridized carbons (Fsp3) is 0.583. The Morgan fingerprint density at radius 1 is 1.50 bits per heavy atom. The number of carbonyl (C=O) groups is 1. The SMILES string of the molecule is CCN(CC)C(=O)[C@H](C)Sc1ccoc1C. The molecule has 1 amide bonds. The summed E-state index contributed by atoms with van der Waals surface area (Å²) >= 11 is 1.56. The topological polar surface area (TPSA) is 33.5 Å². The molecule has 0 radical (unpaired) electrons. The predicted octanol–water partition coefficient (Wildman–Crippen LogP) is 2.94. The monoisotopic (exact) mass is 241 g/mol. The van der Waals surface area contributed by atoms with Crippen LogP contribution in [0.4, 0.5) is 0 Å². The Hall–Kier alpha value is -0.900. The summed E-state index contributed by atoms with van der Waals surface area (Å²) in [7, 11) is 0. The minimum atomic E-state index is -0.0591. The third-order valence-corrected chi connectivity index (χ3v) is 3.77. The van der Waals surface area contributed by atoms with Crippen LogP contribution in [-0.2, 0) is 4.79 Å². The number of amides is 1. The highest BCUT2D eigenvalue weighted by molar-refractivity contribution is 8.00. The van der Waals surface area contributed by atoms with E-state index in [9.17, 15) is 4.79 Å². The molecule has 1 atom stereocenters. The van der Waals surface area contributed by atoms with Gasteiger partial charge in [0.25, 0.3) is 0 Å². The molecule has 0 spiro atoms. The Labute approximate surface area is 101 Å². The molecule has 0 aliphatic carbocycles. The first-order valence-electron chi connectivity index (χ1n) is 5.59. The van der Waals surface area contributed by atoms with Gasteiger partial charge in [-0.1, -0.05) is 0 Å². The van der Waals surface area contributed by atoms with Crippen LogP contribution in [0.1, 0.15) is 26.5 Å². The summed E-state index contributed by atoms with van der Waals surface area (Å²) in [4.78, 5) is 14.9. The number of rotatable bonds is 5. The number of hydrogen-bond donors (Lipinski definition) is 0. The molecule has 0 aromatic carbocycles. The Morgan fingerprint density at radius 3 is 2.56 bits per heavy atom. The summed E-state index contributed by atoms with van der Waals surface area (Å²) in [6, 6.07) is 1.91. The molecule has 0 bridgehead atoms. The lowest BCUT2D eigenvalue weighted by atomic mass is 10.4. The largest absolute Gasteiger partial charge is 0.468 e. The normalized spacial score (nSPS) is 12.5. The Bertz CT molecular complexity index is 345. The highest BCUT2D eigenvalue weighted by Crippen LogP contribution is 2.28. The van der Waals surface area contributed by atoms with Crippen LogP contribution in [0.25, 0.3) is 0 Å². The maximum absolute atomic E-state index is 12.0. The number of thioether (sulfide) groups is 1. The highest BCUT2D eigenvalue weighted by Gasteiger charge is 2.20. The number of aryl methyl sites for hydroxylation is 1. The zero-order chi connectivity index (χ0) is 12.1. The number of hydrogen-bond acceptors (Lipinski definition) is 3. The second kappa shape index (κ2) is 5.99. The smallest absolute Gasteiger partial charge is 0.235 e. The third kappa shape index (κ3) is 3.04. The van der Waals surface area contributed by atoms with Crippen molar-refractivity contribution in [3.8, 4) is 0 Å². The van der Waals surface area contributed by atoms with Gasteiger partial charge in [-0.2, -0.15) is 0 Å². The molecule has 0 aliphatic rings. The molecule has 1 aromatic heterocycles. The molecule has 90 valence electrons. The highest BCUT2D eigenvalue weighted by atomic mass is 32.2. The van der Waals surface area contributed by atoms with E-state index in [2.05, 4.69) is 0 Å². The van der Waals surface area contributed by atoms with Crippen molar-refractivity contribution in [3.05, 3.63) is 18.1 Å². The third-order valence-electron chi connectivity index (χ3n) is 2.54. The van der Waals surface area contributed by atoms with Crippen LogP contribution < -0.4 is 0 Å². The molecule has 0 fully saturated rings. The molecule has 0 unspecified atom stereocenters. The van der Waals surface area contributed by atoms with Gasteiger partial charge in [0, 0.05) is 18.0 Å². The second-order valence-corrected chi connectivity index (χ2v) is 4.99. The summed E-state index contributed by atoms with van der Waals surface area (Å²) in [5.41, 5.74) is 0. The van der Waals surface area contributed by atoms with E-state index in [0.29, 0.717) is 0 Å². The van der Waals surface area contributed by atoms with Gasteiger partial charge in [0.05, 0.1) is 11.5 Å². The lowest BCUT2D eigenvalue weighted by molar-refractivity contribution is -0.129. The van der Waals surface area contributed by atoms with Crippen molar-refractivity contribution < 1.29 is 9.21 Å². The van der Waals surface area contributed by atoms with Crippen LogP contribution in [-0.4, -0.2) is 29.1 Å². The van der Waals surface area contributed by atoms with Crippen molar-refractivity contribution in [1.29, 1.82) is 0 Å². The first-order chi connectivity index (χ1) is 7.60. The molecule has 3 nitrogen and oxygen atoms in total. The maximum Gasteiger partial charge on any atom is 0.235 e. The van der Waals surface area contributed by atoms with Crippen LogP contribution in [0.3, 0.4) is 0 Å². The summed E-state index contributed by atoms with van der Waals surface area (Å²) in [6.07, 6.45) is 1.66. The molecule has 0 N–H and O–H groups in total. The van der Waals surface area contributed by atoms with Crippen molar-refractivity contribution in [2.75, 3.05) is 13.1 Å². The van der Waals surface area contributed by atoms with Crippen molar-refractivity contribution in [2.45, 2.75) is 37.8 Å². The van der Waals surface area contributed by atoms with Gasteiger partial charge in [-0.15, -0.1) is 11.8 Å². The van der Waals surface area contributed by atoms with Gasteiger partial charge in [-0.05, 0) is 33.8 Å². The van der Waals surface area contributed by atoms with Crippen LogP contribution in [0.15, 0.2) is 21.6 Å². The van der Waals surface area contributed by atoms with Gasteiger partial charge in [0.1, 0.15) is 5.76 Å². The average Bonchev–Trinajstić information content (AvgIpc) is 2.66. The number of furan rings is 1. The number of nitrogens with zero attached hydrogens (tertiary/aromatic N) is 1. The summed E-state index contributed by atoms with van der Waals surface area (Å²) < 4.78 is 5.21. The van der Waals surface area contributed by atoms with Crippen molar-refractivity contribution in [3.63, 3.8) is 0 Å². The van der Waals surface area contributed by atoms with E-state index >= 15 is 0 Å². The van der Waals surface area contributed by atoms with E-state index in [1.54, 1.807) is 18.0 Å². The summed E-state index contributed by atoms with van der Waals surface area (Å²) in [5.74, 6) is 1.07. The molecular weight excluding hydrogens is 222 g/mol. The molecule has 16 heavy (non-hydrogen) atoms. The van der Waals surface area contributed by atoms with E-state index in [1.807, 2.05) is 38.7 Å². The minimum Gasteiger partial charge on any atom is -0.468 e. The fourth-order valence-corrected chi connectivity index (χ4v) is 2.51. The van der Waals surface area contributed by atoms with Gasteiger partial charge in [-0.25, -0.2) is 0 Å². The van der Waals surface area contributed by atoms with E-state index in [1.165, 1.54) is 0 Å². The Balaban J connectivity index is 2.62. The van der Waals surface area contributed by atoms with Gasteiger partial charge < -0.3 is 9.32 Å². The van der Waals surface area contributed by atoms with Gasteiger partial charge in [0.15, 0.2) is 0 Å². The second-order valence-electron chi connectivity index (χ2n) is 3.61. The van der Waals surface area contributed by atoms with E-state index in [0.717, 1.165) is 23.7 Å². The zero-order valence-corrected chi connectivity index (χ0v) is 11.1. The Morgan fingerprint density at radius 2 is 2.12 bits per heavy atom. The van der Waals surface area contributed by atoms with Gasteiger partial charge in [-0.3, -0.25) is 4.79 Å². The molecule has 1 heterocycles. The maximum atomic E-state index is 12.0. The standard InChI is InChI=1S/C12H19NO2S/c1-5-13(6-2)12(14)10(4)16-11-7-8-15-9(11)3/h7-8,10H,5-6H2,1-4H3/t10-/m0/s1. The molecule has 4 heteroatoms. The molecular formula is C12H19NO2S. The zero-order valence-electron chi connectivity index (χ0n) is 10.3. The van der Waals surface area contributed by atoms with Crippen molar-refractivity contribution in [2.24, 2.45) is 0 Å². The molecule has 1 aromatic rings. The van der Waals surface area contributed by atoms with Crippen molar-refractivity contribution >= 4 is 17.7 Å². The fourth-order valence-electron chi connectivity index (χ4n) is 1.53. The van der Waals surface area contributed by atoms with Crippen LogP contribution in [0.2, 0.25) is 0 Å². The first-order valence-corrected chi connectivity index (χ1v) is 6.47. The van der Waals surface area contributed by atoms with Crippen LogP contribution in [0, 0.1) is 6.92 Å². The lowest BCUT2D eigenvalue weighted by Crippen LogP contribution is -2.36. The predicted molar refractivity (Wildman–Crippen MR) is 66.7 cm³/mol. The van der Waals surface area contributed by atoms with E-state index < -0.39 is 0 Å². The van der Waals surface area contributed by atoms with Gasteiger partial charge in [0.2, 0.25) is 5.91 Å². The van der Waals surface area contributed by atoms with Crippen LogP contribution in [0.5, 0.6) is 0 Å². The molecule has 0 saturated heterocycles. The van der Waals surface area contributed by atoms with Crippen LogP contribution >= 0.6 is 11.8 Å². The lowest BCUT2D eigenvalue weighted by Gasteiger charge is -2.22. The molecule has 0 aliphatic heterocycles. The Kier molecular flexibility index (Phi) is 4.93. The summed E-state index contributed by atoms with van der Waals surface area (Å²) in [6.45, 7) is 9.40. The quantitative estimate of drug-likeness (QED) is 0.743. The minimum absolute atomic E-state index is 0.0591. The van der Waals surface area contributed by atoms with E-state index in [4.69, 9.17) is 4.42 Å². The molecule has 1 rings (SSSR count). The number of carbonyl (C=O) groups excluding carboxylic acids is 1. The van der Waals surface area contributed by atoms with E-state index in [-0.39, 0.29) is 11.2 Å². The first kappa shape index (κ1) is 13.2. The molecule has 0 saturated carbocycles. The van der Waals surface area contributed by atoms with Crippen molar-refractivity contribution in [1.82, 2.24) is 4.90 Å². The summed E-state index contributed by atoms with van der Waals surface area (Å²) in [5, 5.41) is -0.0591. The van der Waals surface area contributed by atoms with Gasteiger partial charge >= 0.3 is 0 Å². The average molecular weight is 241 g/mol.